The summed E-state index contributed by atoms with van der Waals surface area (Å²) < 4.78 is 36.2. The first kappa shape index (κ1) is 32.9. The molecule has 1 atom stereocenters. The minimum Gasteiger partial charge on any atom is -0.475 e. The molecule has 242 valence electrons. The molecule has 0 spiro atoms. The van der Waals surface area contributed by atoms with Crippen LogP contribution in [0.4, 0.5) is 5.95 Å². The molecule has 2 heterocycles. The number of carbonyl (C=O) groups excluding carboxylic acids is 1. The molecule has 1 saturated carbocycles. The lowest BCUT2D eigenvalue weighted by Gasteiger charge is -2.44. The first-order valence-corrected chi connectivity index (χ1v) is 17.3. The zero-order valence-corrected chi connectivity index (χ0v) is 28.2. The number of hydrogen-bond acceptors (Lipinski definition) is 7. The molecule has 1 aliphatic carbocycles. The maximum atomic E-state index is 14.5. The van der Waals surface area contributed by atoms with Crippen LogP contribution >= 0.6 is 0 Å². The van der Waals surface area contributed by atoms with E-state index < -0.39 is 15.6 Å². The summed E-state index contributed by atoms with van der Waals surface area (Å²) >= 11 is 0. The van der Waals surface area contributed by atoms with Crippen LogP contribution in [0, 0.1) is 25.2 Å². The Bertz CT molecular complexity index is 1650. The fraction of sp³-hybridized carbons (Fsp3) is 0.514. The van der Waals surface area contributed by atoms with E-state index in [2.05, 4.69) is 35.5 Å². The maximum absolute atomic E-state index is 14.5. The molecule has 0 radical (unpaired) electrons. The lowest BCUT2D eigenvalue weighted by atomic mass is 9.76. The topological polar surface area (TPSA) is 122 Å². The number of amides is 1. The van der Waals surface area contributed by atoms with Crippen LogP contribution in [-0.2, 0) is 10.0 Å². The van der Waals surface area contributed by atoms with E-state index in [1.165, 1.54) is 12.1 Å². The van der Waals surface area contributed by atoms with Gasteiger partial charge in [-0.05, 0) is 100 Å². The molecule has 2 aliphatic rings. The summed E-state index contributed by atoms with van der Waals surface area (Å²) in [4.78, 5) is 25.5. The van der Waals surface area contributed by atoms with E-state index in [0.717, 1.165) is 42.4 Å². The fourth-order valence-corrected chi connectivity index (χ4v) is 7.82. The van der Waals surface area contributed by atoms with Crippen molar-refractivity contribution in [1.82, 2.24) is 14.9 Å². The first-order chi connectivity index (χ1) is 21.0. The highest BCUT2D eigenvalue weighted by Gasteiger charge is 2.39. The monoisotopic (exact) mass is 634 g/mol. The van der Waals surface area contributed by atoms with Crippen molar-refractivity contribution >= 4 is 21.9 Å². The van der Waals surface area contributed by atoms with Crippen molar-refractivity contribution in [3.05, 3.63) is 65.2 Å². The smallest absolute Gasteiger partial charge is 0.264 e. The molecule has 0 saturated heterocycles. The molecular formula is C35H46N4O5S. The van der Waals surface area contributed by atoms with Gasteiger partial charge in [0.05, 0.1) is 22.2 Å². The van der Waals surface area contributed by atoms with E-state index >= 15 is 0 Å². The Balaban J connectivity index is 1.64. The highest BCUT2D eigenvalue weighted by molar-refractivity contribution is 7.92. The van der Waals surface area contributed by atoms with Gasteiger partial charge in [-0.15, -0.1) is 0 Å². The molecular weight excluding hydrogens is 588 g/mol. The summed E-state index contributed by atoms with van der Waals surface area (Å²) in [6, 6.07) is 13.4. The number of aromatic nitrogens is 2. The van der Waals surface area contributed by atoms with Gasteiger partial charge in [0.2, 0.25) is 11.8 Å². The quantitative estimate of drug-likeness (QED) is 0.335. The van der Waals surface area contributed by atoms with Crippen molar-refractivity contribution in [2.75, 3.05) is 11.3 Å². The molecule has 45 heavy (non-hydrogen) atoms. The van der Waals surface area contributed by atoms with Crippen LogP contribution in [0.3, 0.4) is 0 Å². The zero-order chi connectivity index (χ0) is 32.7. The molecule has 1 fully saturated rings. The second kappa shape index (κ2) is 12.4. The molecule has 1 aliphatic heterocycles. The predicted octanol–water partition coefficient (Wildman–Crippen LogP) is 6.53. The van der Waals surface area contributed by atoms with Gasteiger partial charge in [-0.1, -0.05) is 45.0 Å². The van der Waals surface area contributed by atoms with Gasteiger partial charge in [0.25, 0.3) is 15.9 Å². The highest BCUT2D eigenvalue weighted by atomic mass is 32.2. The number of nitrogens with one attached hydrogen (secondary N) is 1. The van der Waals surface area contributed by atoms with E-state index in [4.69, 9.17) is 4.74 Å². The number of rotatable bonds is 4. The van der Waals surface area contributed by atoms with E-state index in [1.807, 2.05) is 50.8 Å². The van der Waals surface area contributed by atoms with Crippen molar-refractivity contribution in [2.24, 2.45) is 11.3 Å². The number of carbonyl (C=O) groups is 1. The predicted molar refractivity (Wildman–Crippen MR) is 176 cm³/mol. The lowest BCUT2D eigenvalue weighted by Crippen LogP contribution is -2.52. The Labute approximate surface area is 267 Å². The van der Waals surface area contributed by atoms with Crippen LogP contribution in [0.2, 0.25) is 0 Å². The Morgan fingerprint density at radius 1 is 0.956 bits per heavy atom. The summed E-state index contributed by atoms with van der Waals surface area (Å²) in [7, 11) is -4.14. The summed E-state index contributed by atoms with van der Waals surface area (Å²) in [6.45, 7) is 14.3. The van der Waals surface area contributed by atoms with Crippen molar-refractivity contribution < 1.29 is 23.1 Å². The molecule has 10 heteroatoms. The maximum Gasteiger partial charge on any atom is 0.264 e. The van der Waals surface area contributed by atoms with E-state index in [0.29, 0.717) is 17.7 Å². The number of sulfonamides is 1. The average Bonchev–Trinajstić information content (AvgIpc) is 2.94. The van der Waals surface area contributed by atoms with Crippen LogP contribution < -0.4 is 9.46 Å². The van der Waals surface area contributed by atoms with Crippen LogP contribution in [0.15, 0.2) is 53.4 Å². The van der Waals surface area contributed by atoms with Crippen LogP contribution in [0.1, 0.15) is 88.2 Å². The SMILES string of the molecule is Cc1cccc(C)c1-c1cc2nc(n1)NS(=O)(=O)c1cccc(c1)C(=O)N(C1CCC(C(C)(C)O)CC1)[C@H](CC(C)(C)C)CO2. The molecule has 1 aromatic heterocycles. The summed E-state index contributed by atoms with van der Waals surface area (Å²) in [6.07, 6.45) is 3.69. The number of fused-ring (bicyclic) bond motifs is 4. The molecule has 9 nitrogen and oxygen atoms in total. The van der Waals surface area contributed by atoms with E-state index in [1.54, 1.807) is 18.2 Å². The first-order valence-electron chi connectivity index (χ1n) is 15.8. The third kappa shape index (κ3) is 7.49. The standard InChI is InChI=1S/C35H46N4O5S/c1-22-10-8-11-23(2)31(22)29-19-30-37-33(36-29)38-45(42,43)28-13-9-12-24(18-28)32(40)39(27(21-44-30)20-34(3,4)5)26-16-14-25(15-17-26)35(6,7)41/h8-13,18-19,25-27,41H,14-17,20-21H2,1-7H3,(H,36,37,38)/t25?,26?,27-/m1/s1. The molecule has 1 amide bonds. The number of hydrogen-bond donors (Lipinski definition) is 2. The average molecular weight is 635 g/mol. The number of ether oxygens (including phenoxy) is 1. The minimum atomic E-state index is -4.14. The van der Waals surface area contributed by atoms with Gasteiger partial charge >= 0.3 is 0 Å². The fourth-order valence-electron chi connectivity index (χ4n) is 6.83. The van der Waals surface area contributed by atoms with Crippen molar-refractivity contribution in [3.63, 3.8) is 0 Å². The Morgan fingerprint density at radius 2 is 1.60 bits per heavy atom. The summed E-state index contributed by atoms with van der Waals surface area (Å²) in [5.74, 6) is 0.0305. The molecule has 2 aromatic carbocycles. The van der Waals surface area contributed by atoms with Gasteiger partial charge in [-0.25, -0.2) is 18.1 Å². The van der Waals surface area contributed by atoms with E-state index in [-0.39, 0.29) is 52.7 Å². The zero-order valence-electron chi connectivity index (χ0n) is 27.4. The Kier molecular flexibility index (Phi) is 9.03. The van der Waals surface area contributed by atoms with E-state index in [9.17, 15) is 18.3 Å². The largest absolute Gasteiger partial charge is 0.475 e. The molecule has 3 aromatic rings. The molecule has 0 unspecified atom stereocenters. The Hall–Kier alpha value is -3.50. The number of anilines is 1. The van der Waals surface area contributed by atoms with Gasteiger partial charge in [0.1, 0.15) is 6.61 Å². The molecule has 5 rings (SSSR count). The van der Waals surface area contributed by atoms with Gasteiger partial charge in [-0.3, -0.25) is 4.79 Å². The van der Waals surface area contributed by atoms with Gasteiger partial charge < -0.3 is 14.7 Å². The summed E-state index contributed by atoms with van der Waals surface area (Å²) in [5, 5.41) is 10.7. The summed E-state index contributed by atoms with van der Waals surface area (Å²) in [5.41, 5.74) is 2.76. The molecule has 4 bridgehead atoms. The number of aliphatic hydroxyl groups is 1. The van der Waals surface area contributed by atoms with Crippen molar-refractivity contribution in [3.8, 4) is 17.1 Å². The van der Waals surface area contributed by atoms with Crippen LogP contribution in [0.25, 0.3) is 11.3 Å². The van der Waals surface area contributed by atoms with Gasteiger partial charge in [-0.2, -0.15) is 4.98 Å². The second-order valence-corrected chi connectivity index (χ2v) is 16.1. The molecule has 2 N–H and O–H groups in total. The Morgan fingerprint density at radius 3 is 2.22 bits per heavy atom. The second-order valence-electron chi connectivity index (χ2n) is 14.4. The highest BCUT2D eigenvalue weighted by Crippen LogP contribution is 2.38. The van der Waals surface area contributed by atoms with Crippen LogP contribution in [-0.4, -0.2) is 58.6 Å². The van der Waals surface area contributed by atoms with Gasteiger partial charge in [0, 0.05) is 23.2 Å². The van der Waals surface area contributed by atoms with Crippen molar-refractivity contribution in [2.45, 2.75) is 103 Å². The lowest BCUT2D eigenvalue weighted by molar-refractivity contribution is -0.0187. The minimum absolute atomic E-state index is 0.0470. The van der Waals surface area contributed by atoms with Crippen LogP contribution in [0.5, 0.6) is 5.88 Å². The normalized spacial score (nSPS) is 22.4. The number of benzene rings is 2. The number of aryl methyl sites for hydroxylation is 2. The third-order valence-corrected chi connectivity index (χ3v) is 10.4. The number of nitrogens with zero attached hydrogens (tertiary/aromatic N) is 3. The van der Waals surface area contributed by atoms with Crippen molar-refractivity contribution in [1.29, 1.82) is 0 Å². The van der Waals surface area contributed by atoms with Gasteiger partial charge in [0.15, 0.2) is 0 Å². The third-order valence-electron chi connectivity index (χ3n) is 9.05.